The summed E-state index contributed by atoms with van der Waals surface area (Å²) in [5.41, 5.74) is 0.577. The van der Waals surface area contributed by atoms with Crippen molar-refractivity contribution in [1.82, 2.24) is 9.78 Å². The minimum Gasteiger partial charge on any atom is -0.478 e. The van der Waals surface area contributed by atoms with Gasteiger partial charge in [-0.15, -0.1) is 0 Å². The molecule has 0 radical (unpaired) electrons. The number of carbonyl (C=O) groups excluding carboxylic acids is 1. The van der Waals surface area contributed by atoms with Crippen LogP contribution in [0.5, 0.6) is 0 Å². The number of carbonyl (C=O) groups is 2. The molecule has 6 nitrogen and oxygen atoms in total. The van der Waals surface area contributed by atoms with E-state index >= 15 is 0 Å². The average molecular weight is 259 g/mol. The summed E-state index contributed by atoms with van der Waals surface area (Å²) in [5.74, 6) is -1.29. The number of carboxylic acid groups (broad SMARTS) is 1. The molecule has 1 aromatic carbocycles. The van der Waals surface area contributed by atoms with Crippen LogP contribution in [0, 0.1) is 0 Å². The number of benzene rings is 1. The molecule has 0 bridgehead atoms. The third-order valence-electron chi connectivity index (χ3n) is 2.68. The van der Waals surface area contributed by atoms with Crippen LogP contribution >= 0.6 is 0 Å². The summed E-state index contributed by atoms with van der Waals surface area (Å²) in [5, 5.41) is 15.5. The third kappa shape index (κ3) is 2.98. The SMILES string of the molecule is CC(C(=O)Nc1cccc(C(=O)O)c1)n1cccn1. The quantitative estimate of drug-likeness (QED) is 0.876. The summed E-state index contributed by atoms with van der Waals surface area (Å²) in [4.78, 5) is 22.8. The highest BCUT2D eigenvalue weighted by Crippen LogP contribution is 2.13. The molecule has 0 saturated heterocycles. The summed E-state index contributed by atoms with van der Waals surface area (Å²) in [6, 6.07) is 7.36. The van der Waals surface area contributed by atoms with Crippen LogP contribution in [-0.2, 0) is 4.79 Å². The van der Waals surface area contributed by atoms with Gasteiger partial charge in [-0.05, 0) is 31.2 Å². The van der Waals surface area contributed by atoms with Gasteiger partial charge >= 0.3 is 5.97 Å². The van der Waals surface area contributed by atoms with Crippen LogP contribution in [0.2, 0.25) is 0 Å². The second kappa shape index (κ2) is 5.34. The molecule has 1 heterocycles. The largest absolute Gasteiger partial charge is 0.478 e. The van der Waals surface area contributed by atoms with Crippen molar-refractivity contribution in [2.45, 2.75) is 13.0 Å². The molecular weight excluding hydrogens is 246 g/mol. The maximum atomic E-state index is 12.0. The van der Waals surface area contributed by atoms with E-state index in [4.69, 9.17) is 5.11 Å². The molecule has 6 heteroatoms. The average Bonchev–Trinajstić information content (AvgIpc) is 2.92. The zero-order chi connectivity index (χ0) is 13.8. The fraction of sp³-hybridized carbons (Fsp3) is 0.154. The first-order valence-corrected chi connectivity index (χ1v) is 5.71. The van der Waals surface area contributed by atoms with Gasteiger partial charge in [0.2, 0.25) is 5.91 Å². The summed E-state index contributed by atoms with van der Waals surface area (Å²) in [7, 11) is 0. The standard InChI is InChI=1S/C13H13N3O3/c1-9(16-7-3-6-14-16)12(17)15-11-5-2-4-10(8-11)13(18)19/h2-9H,1H3,(H,15,17)(H,18,19). The number of nitrogens with zero attached hydrogens (tertiary/aromatic N) is 2. The lowest BCUT2D eigenvalue weighted by molar-refractivity contribution is -0.119. The molecule has 0 aliphatic carbocycles. The van der Waals surface area contributed by atoms with E-state index < -0.39 is 12.0 Å². The van der Waals surface area contributed by atoms with Gasteiger partial charge in [-0.25, -0.2) is 4.79 Å². The van der Waals surface area contributed by atoms with E-state index in [2.05, 4.69) is 10.4 Å². The minimum atomic E-state index is -1.03. The van der Waals surface area contributed by atoms with Gasteiger partial charge in [0.25, 0.3) is 0 Å². The fourth-order valence-corrected chi connectivity index (χ4v) is 1.61. The molecular formula is C13H13N3O3. The molecule has 2 N–H and O–H groups in total. The van der Waals surface area contributed by atoms with Gasteiger partial charge in [0.05, 0.1) is 5.56 Å². The Labute approximate surface area is 109 Å². The molecule has 1 amide bonds. The molecule has 0 aliphatic rings. The number of amides is 1. The second-order valence-corrected chi connectivity index (χ2v) is 4.04. The van der Waals surface area contributed by atoms with Crippen LogP contribution in [0.3, 0.4) is 0 Å². The van der Waals surface area contributed by atoms with Gasteiger partial charge in [-0.3, -0.25) is 9.48 Å². The minimum absolute atomic E-state index is 0.129. The van der Waals surface area contributed by atoms with Crippen LogP contribution in [0.15, 0.2) is 42.7 Å². The second-order valence-electron chi connectivity index (χ2n) is 4.04. The van der Waals surface area contributed by atoms with Crippen molar-refractivity contribution in [2.75, 3.05) is 5.32 Å². The van der Waals surface area contributed by atoms with E-state index in [1.165, 1.54) is 16.8 Å². The Hall–Kier alpha value is -2.63. The van der Waals surface area contributed by atoms with Crippen molar-refractivity contribution in [3.63, 3.8) is 0 Å². The molecule has 19 heavy (non-hydrogen) atoms. The van der Waals surface area contributed by atoms with E-state index in [9.17, 15) is 9.59 Å². The monoisotopic (exact) mass is 259 g/mol. The Morgan fingerprint density at radius 2 is 2.16 bits per heavy atom. The lowest BCUT2D eigenvalue weighted by Crippen LogP contribution is -2.24. The maximum Gasteiger partial charge on any atom is 0.335 e. The Bertz CT molecular complexity index is 593. The first kappa shape index (κ1) is 12.8. The molecule has 0 aliphatic heterocycles. The van der Waals surface area contributed by atoms with Crippen molar-refractivity contribution in [3.8, 4) is 0 Å². The van der Waals surface area contributed by atoms with Crippen LogP contribution in [-0.4, -0.2) is 26.8 Å². The number of hydrogen-bond acceptors (Lipinski definition) is 3. The van der Waals surface area contributed by atoms with Crippen molar-refractivity contribution in [2.24, 2.45) is 0 Å². The van der Waals surface area contributed by atoms with Gasteiger partial charge < -0.3 is 10.4 Å². The molecule has 0 fully saturated rings. The molecule has 2 aromatic rings. The number of aromatic nitrogens is 2. The number of anilines is 1. The Morgan fingerprint density at radius 3 is 2.79 bits per heavy atom. The number of rotatable bonds is 4. The molecule has 0 spiro atoms. The first-order valence-electron chi connectivity index (χ1n) is 5.71. The highest BCUT2D eigenvalue weighted by molar-refractivity contribution is 5.95. The normalized spacial score (nSPS) is 11.8. The Kier molecular flexibility index (Phi) is 3.61. The molecule has 1 unspecified atom stereocenters. The summed E-state index contributed by atoms with van der Waals surface area (Å²) in [6.45, 7) is 1.71. The summed E-state index contributed by atoms with van der Waals surface area (Å²) in [6.07, 6.45) is 3.28. The molecule has 98 valence electrons. The van der Waals surface area contributed by atoms with E-state index in [1.54, 1.807) is 37.5 Å². The van der Waals surface area contributed by atoms with Crippen molar-refractivity contribution in [3.05, 3.63) is 48.3 Å². The number of aromatic carboxylic acids is 1. The predicted octanol–water partition coefficient (Wildman–Crippen LogP) is 1.78. The van der Waals surface area contributed by atoms with Crippen molar-refractivity contribution < 1.29 is 14.7 Å². The van der Waals surface area contributed by atoms with E-state index in [0.29, 0.717) is 5.69 Å². The van der Waals surface area contributed by atoms with Gasteiger partial charge in [0.15, 0.2) is 0 Å². The zero-order valence-electron chi connectivity index (χ0n) is 10.3. The van der Waals surface area contributed by atoms with Crippen molar-refractivity contribution in [1.29, 1.82) is 0 Å². The number of nitrogens with one attached hydrogen (secondary N) is 1. The Morgan fingerprint density at radius 1 is 1.37 bits per heavy atom. The zero-order valence-corrected chi connectivity index (χ0v) is 10.3. The summed E-state index contributed by atoms with van der Waals surface area (Å²) >= 11 is 0. The van der Waals surface area contributed by atoms with Crippen LogP contribution in [0.25, 0.3) is 0 Å². The summed E-state index contributed by atoms with van der Waals surface area (Å²) < 4.78 is 1.52. The van der Waals surface area contributed by atoms with E-state index in [1.807, 2.05) is 0 Å². The Balaban J connectivity index is 2.11. The topological polar surface area (TPSA) is 84.2 Å². The number of carboxylic acids is 1. The number of hydrogen-bond donors (Lipinski definition) is 2. The van der Waals surface area contributed by atoms with Gasteiger partial charge in [0, 0.05) is 18.1 Å². The van der Waals surface area contributed by atoms with Gasteiger partial charge in [-0.2, -0.15) is 5.10 Å². The molecule has 2 rings (SSSR count). The fourth-order valence-electron chi connectivity index (χ4n) is 1.61. The maximum absolute atomic E-state index is 12.0. The van der Waals surface area contributed by atoms with Gasteiger partial charge in [0.1, 0.15) is 6.04 Å². The third-order valence-corrected chi connectivity index (χ3v) is 2.68. The van der Waals surface area contributed by atoms with E-state index in [-0.39, 0.29) is 11.5 Å². The van der Waals surface area contributed by atoms with Gasteiger partial charge in [-0.1, -0.05) is 6.07 Å². The molecule has 1 atom stereocenters. The highest BCUT2D eigenvalue weighted by atomic mass is 16.4. The predicted molar refractivity (Wildman–Crippen MR) is 69.0 cm³/mol. The van der Waals surface area contributed by atoms with Crippen molar-refractivity contribution >= 4 is 17.6 Å². The lowest BCUT2D eigenvalue weighted by Gasteiger charge is -2.12. The molecule has 1 aromatic heterocycles. The lowest BCUT2D eigenvalue weighted by atomic mass is 10.2. The highest BCUT2D eigenvalue weighted by Gasteiger charge is 2.15. The van der Waals surface area contributed by atoms with Crippen LogP contribution in [0.4, 0.5) is 5.69 Å². The van der Waals surface area contributed by atoms with Crippen LogP contribution in [0.1, 0.15) is 23.3 Å². The smallest absolute Gasteiger partial charge is 0.335 e. The van der Waals surface area contributed by atoms with E-state index in [0.717, 1.165) is 0 Å². The molecule has 0 saturated carbocycles. The first-order chi connectivity index (χ1) is 9.08. The van der Waals surface area contributed by atoms with Crippen LogP contribution < -0.4 is 5.32 Å².